The average Bonchev–Trinajstić information content (AvgIpc) is 2.56. The van der Waals surface area contributed by atoms with Gasteiger partial charge >= 0.3 is 13.3 Å². The summed E-state index contributed by atoms with van der Waals surface area (Å²) in [6.45, 7) is 8.39. The number of ketones is 1. The van der Waals surface area contributed by atoms with E-state index in [1.165, 1.54) is 12.1 Å². The van der Waals surface area contributed by atoms with E-state index in [4.69, 9.17) is 9.31 Å². The van der Waals surface area contributed by atoms with Crippen molar-refractivity contribution >= 4 is 18.4 Å². The minimum Gasteiger partial charge on any atom is -0.399 e. The highest BCUT2D eigenvalue weighted by atomic mass is 19.4. The molecule has 0 aliphatic carbocycles. The third-order valence-corrected chi connectivity index (χ3v) is 4.25. The van der Waals surface area contributed by atoms with Crippen LogP contribution in [0.1, 0.15) is 50.5 Å². The van der Waals surface area contributed by atoms with Crippen LogP contribution in [0, 0.1) is 0 Å². The van der Waals surface area contributed by atoms with Crippen molar-refractivity contribution < 1.29 is 27.3 Å². The molecule has 1 aliphatic rings. The van der Waals surface area contributed by atoms with Crippen LogP contribution in [0.15, 0.2) is 18.2 Å². The van der Waals surface area contributed by atoms with Gasteiger partial charge in [0, 0.05) is 5.56 Å². The molecule has 0 unspecified atom stereocenters. The van der Waals surface area contributed by atoms with Crippen molar-refractivity contribution in [1.29, 1.82) is 0 Å². The predicted molar refractivity (Wildman–Crippen MR) is 77.2 cm³/mol. The molecule has 1 heterocycles. The summed E-state index contributed by atoms with van der Waals surface area (Å²) in [6.07, 6.45) is -4.61. The highest BCUT2D eigenvalue weighted by Crippen LogP contribution is 2.37. The topological polar surface area (TPSA) is 35.5 Å². The van der Waals surface area contributed by atoms with Crippen LogP contribution < -0.4 is 5.46 Å². The van der Waals surface area contributed by atoms with Gasteiger partial charge in [-0.3, -0.25) is 4.79 Å². The molecule has 0 amide bonds. The Kier molecular flexibility index (Phi) is 3.94. The van der Waals surface area contributed by atoms with Gasteiger partial charge in [0.05, 0.1) is 16.8 Å². The molecular weight excluding hydrogens is 296 g/mol. The Bertz CT molecular complexity index is 593. The van der Waals surface area contributed by atoms with E-state index in [1.54, 1.807) is 0 Å². The number of benzene rings is 1. The van der Waals surface area contributed by atoms with Crippen molar-refractivity contribution in [2.24, 2.45) is 0 Å². The van der Waals surface area contributed by atoms with Crippen molar-refractivity contribution in [3.63, 3.8) is 0 Å². The van der Waals surface area contributed by atoms with Crippen LogP contribution in [-0.4, -0.2) is 24.1 Å². The molecule has 1 aromatic rings. The smallest absolute Gasteiger partial charge is 0.399 e. The second-order valence-corrected chi connectivity index (χ2v) is 6.45. The number of Topliss-reactive ketones (excluding diaryl/α,β-unsaturated/α-hetero) is 1. The Balaban J connectivity index is 2.45. The fraction of sp³-hybridized carbons (Fsp3) is 0.533. The first-order chi connectivity index (χ1) is 9.85. The van der Waals surface area contributed by atoms with Gasteiger partial charge in [0.15, 0.2) is 5.78 Å². The van der Waals surface area contributed by atoms with Crippen LogP contribution in [-0.2, 0) is 15.5 Å². The summed E-state index contributed by atoms with van der Waals surface area (Å²) in [5, 5.41) is 0. The van der Waals surface area contributed by atoms with Gasteiger partial charge in [-0.2, -0.15) is 13.2 Å². The fourth-order valence-electron chi connectivity index (χ4n) is 2.23. The maximum atomic E-state index is 13.1. The molecule has 1 aliphatic heterocycles. The maximum Gasteiger partial charge on any atom is 0.494 e. The lowest BCUT2D eigenvalue weighted by Gasteiger charge is -2.32. The number of carbonyl (C=O) groups is 1. The van der Waals surface area contributed by atoms with Crippen LogP contribution in [0.2, 0.25) is 0 Å². The van der Waals surface area contributed by atoms with Crippen LogP contribution in [0.4, 0.5) is 13.2 Å². The molecule has 0 aromatic heterocycles. The number of carbonyl (C=O) groups excluding carboxylic acids is 1. The van der Waals surface area contributed by atoms with E-state index in [0.717, 1.165) is 13.0 Å². The first-order valence-electron chi connectivity index (χ1n) is 6.93. The highest BCUT2D eigenvalue weighted by molar-refractivity contribution is 6.62. The molecule has 2 rings (SSSR count). The summed E-state index contributed by atoms with van der Waals surface area (Å²) in [5.41, 5.74) is -2.36. The molecule has 1 aromatic carbocycles. The molecule has 7 heteroatoms. The minimum absolute atomic E-state index is 0.246. The molecule has 0 N–H and O–H groups in total. The van der Waals surface area contributed by atoms with Crippen molar-refractivity contribution in [3.8, 4) is 0 Å². The first kappa shape index (κ1) is 17.0. The van der Waals surface area contributed by atoms with Crippen molar-refractivity contribution in [3.05, 3.63) is 29.3 Å². The van der Waals surface area contributed by atoms with Gasteiger partial charge in [0.2, 0.25) is 0 Å². The summed E-state index contributed by atoms with van der Waals surface area (Å²) in [5.74, 6) is -0.632. The van der Waals surface area contributed by atoms with Gasteiger partial charge in [-0.05, 0) is 46.1 Å². The lowest BCUT2D eigenvalue weighted by atomic mass is 9.77. The molecule has 3 nitrogen and oxygen atoms in total. The Labute approximate surface area is 127 Å². The second-order valence-electron chi connectivity index (χ2n) is 6.45. The number of alkyl halides is 3. The summed E-state index contributed by atoms with van der Waals surface area (Å²) in [4.78, 5) is 11.4. The molecule has 0 spiro atoms. The third-order valence-electron chi connectivity index (χ3n) is 4.25. The zero-order valence-electron chi connectivity index (χ0n) is 13.2. The molecule has 0 radical (unpaired) electrons. The summed E-state index contributed by atoms with van der Waals surface area (Å²) >= 11 is 0. The third kappa shape index (κ3) is 2.92. The summed E-state index contributed by atoms with van der Waals surface area (Å²) in [6, 6.07) is 3.54. The summed E-state index contributed by atoms with van der Waals surface area (Å²) in [7, 11) is -0.896. The molecular formula is C15H18BF3O3. The molecule has 1 saturated heterocycles. The van der Waals surface area contributed by atoms with Gasteiger partial charge in [0.1, 0.15) is 0 Å². The van der Waals surface area contributed by atoms with Gasteiger partial charge in [-0.1, -0.05) is 12.1 Å². The minimum atomic E-state index is -4.61. The lowest BCUT2D eigenvalue weighted by Crippen LogP contribution is -2.41. The average molecular weight is 314 g/mol. The molecule has 0 atom stereocenters. The van der Waals surface area contributed by atoms with Gasteiger partial charge < -0.3 is 9.31 Å². The van der Waals surface area contributed by atoms with Crippen molar-refractivity contribution in [1.82, 2.24) is 0 Å². The number of hydrogen-bond acceptors (Lipinski definition) is 3. The van der Waals surface area contributed by atoms with E-state index in [0.29, 0.717) is 0 Å². The van der Waals surface area contributed by atoms with Gasteiger partial charge in [-0.25, -0.2) is 0 Å². The standard InChI is InChI=1S/C15H18BF3O3/c1-9(20)11-7-6-10(8-12(11)15(17,18)19)16-21-13(2,3)14(4,5)22-16/h6-8H,1-5H3. The van der Waals surface area contributed by atoms with E-state index in [-0.39, 0.29) is 11.0 Å². The molecule has 0 bridgehead atoms. The van der Waals surface area contributed by atoms with Crippen LogP contribution in [0.3, 0.4) is 0 Å². The zero-order valence-corrected chi connectivity index (χ0v) is 13.2. The van der Waals surface area contributed by atoms with Crippen molar-refractivity contribution in [2.75, 3.05) is 0 Å². The fourth-order valence-corrected chi connectivity index (χ4v) is 2.23. The lowest BCUT2D eigenvalue weighted by molar-refractivity contribution is -0.137. The van der Waals surface area contributed by atoms with Gasteiger partial charge in [0.25, 0.3) is 0 Å². The molecule has 120 valence electrons. The van der Waals surface area contributed by atoms with E-state index in [2.05, 4.69) is 0 Å². The Hall–Kier alpha value is -1.34. The Morgan fingerprint density at radius 3 is 2.00 bits per heavy atom. The molecule has 0 saturated carbocycles. The van der Waals surface area contributed by atoms with E-state index in [1.807, 2.05) is 27.7 Å². The van der Waals surface area contributed by atoms with Crippen LogP contribution in [0.25, 0.3) is 0 Å². The van der Waals surface area contributed by atoms with E-state index in [9.17, 15) is 18.0 Å². The second kappa shape index (κ2) is 5.10. The SMILES string of the molecule is CC(=O)c1ccc(B2OC(C)(C)C(C)(C)O2)cc1C(F)(F)F. The highest BCUT2D eigenvalue weighted by Gasteiger charge is 2.52. The number of hydrogen-bond donors (Lipinski definition) is 0. The Morgan fingerprint density at radius 2 is 1.59 bits per heavy atom. The number of halogens is 3. The quantitative estimate of drug-likeness (QED) is 0.621. The van der Waals surface area contributed by atoms with Crippen LogP contribution in [0.5, 0.6) is 0 Å². The van der Waals surface area contributed by atoms with Crippen molar-refractivity contribution in [2.45, 2.75) is 52.0 Å². The molecule has 22 heavy (non-hydrogen) atoms. The Morgan fingerprint density at radius 1 is 1.09 bits per heavy atom. The normalized spacial score (nSPS) is 20.3. The predicted octanol–water partition coefficient (Wildman–Crippen LogP) is 3.21. The zero-order chi connectivity index (χ0) is 16.9. The largest absolute Gasteiger partial charge is 0.494 e. The van der Waals surface area contributed by atoms with E-state index < -0.39 is 35.8 Å². The monoisotopic (exact) mass is 314 g/mol. The first-order valence-corrected chi connectivity index (χ1v) is 6.93. The van der Waals surface area contributed by atoms with Gasteiger partial charge in [-0.15, -0.1) is 0 Å². The number of rotatable bonds is 2. The van der Waals surface area contributed by atoms with Crippen LogP contribution >= 0.6 is 0 Å². The summed E-state index contributed by atoms with van der Waals surface area (Å²) < 4.78 is 50.9. The molecule has 1 fully saturated rings. The van der Waals surface area contributed by atoms with E-state index >= 15 is 0 Å². The maximum absolute atomic E-state index is 13.1.